The van der Waals surface area contributed by atoms with Crippen LogP contribution < -0.4 is 0 Å². The van der Waals surface area contributed by atoms with Gasteiger partial charge in [-0.05, 0) is 12.1 Å². The number of hydrogen-bond donors (Lipinski definition) is 0. The third kappa shape index (κ3) is 2.28. The topological polar surface area (TPSA) is 48.1 Å². The first-order chi connectivity index (χ1) is 8.13. The zero-order valence-electron chi connectivity index (χ0n) is 8.64. The third-order valence-corrected chi connectivity index (χ3v) is 3.03. The number of allylic oxidation sites excluding steroid dienone is 1. The van der Waals surface area contributed by atoms with Crippen molar-refractivity contribution in [2.45, 2.75) is 6.54 Å². The predicted molar refractivity (Wildman–Crippen MR) is 68.4 cm³/mol. The lowest BCUT2D eigenvalue weighted by atomic mass is 10.2. The Morgan fingerprint density at radius 3 is 2.88 bits per heavy atom. The summed E-state index contributed by atoms with van der Waals surface area (Å²) in [5, 5.41) is 11.9. The van der Waals surface area contributed by atoms with E-state index < -0.39 is 4.92 Å². The van der Waals surface area contributed by atoms with Crippen LogP contribution in [-0.4, -0.2) is 9.49 Å². The quantitative estimate of drug-likeness (QED) is 0.628. The van der Waals surface area contributed by atoms with Crippen molar-refractivity contribution < 1.29 is 4.92 Å². The second-order valence-electron chi connectivity index (χ2n) is 3.47. The number of nitro groups is 1. The van der Waals surface area contributed by atoms with E-state index in [0.29, 0.717) is 17.0 Å². The molecule has 17 heavy (non-hydrogen) atoms. The summed E-state index contributed by atoms with van der Waals surface area (Å²) in [5.74, 6) is 0. The molecule has 0 N–H and O–H groups in total. The summed E-state index contributed by atoms with van der Waals surface area (Å²) in [6, 6.07) is 6.63. The Morgan fingerprint density at radius 1 is 1.47 bits per heavy atom. The van der Waals surface area contributed by atoms with Crippen LogP contribution >= 0.6 is 23.2 Å². The van der Waals surface area contributed by atoms with E-state index >= 15 is 0 Å². The van der Waals surface area contributed by atoms with Crippen LogP contribution in [-0.2, 0) is 6.54 Å². The molecule has 0 spiro atoms. The van der Waals surface area contributed by atoms with Crippen LogP contribution in [0, 0.1) is 10.1 Å². The summed E-state index contributed by atoms with van der Waals surface area (Å²) in [6.45, 7) is 0.399. The average Bonchev–Trinajstić information content (AvgIpc) is 2.72. The molecule has 1 heterocycles. The Bertz CT molecular complexity index is 605. The molecular weight excluding hydrogens is 263 g/mol. The Morgan fingerprint density at radius 2 is 2.24 bits per heavy atom. The Kier molecular flexibility index (Phi) is 3.36. The number of non-ortho nitro benzene ring substituents is 1. The molecule has 0 saturated heterocycles. The van der Waals surface area contributed by atoms with Crippen molar-refractivity contribution in [1.29, 1.82) is 0 Å². The molecule has 0 atom stereocenters. The molecule has 4 nitrogen and oxygen atoms in total. The number of rotatable bonds is 3. The van der Waals surface area contributed by atoms with Gasteiger partial charge < -0.3 is 4.57 Å². The zero-order chi connectivity index (χ0) is 12.4. The normalized spacial score (nSPS) is 12.0. The van der Waals surface area contributed by atoms with Crippen molar-refractivity contribution in [3.05, 3.63) is 51.1 Å². The third-order valence-electron chi connectivity index (χ3n) is 2.43. The van der Waals surface area contributed by atoms with Crippen molar-refractivity contribution in [3.8, 4) is 0 Å². The molecule has 88 valence electrons. The molecule has 1 aromatic heterocycles. The molecule has 0 unspecified atom stereocenters. The number of halogens is 2. The molecule has 0 aliphatic rings. The number of aromatic nitrogens is 1. The number of nitrogens with zero attached hydrogens (tertiary/aromatic N) is 2. The molecule has 2 aromatic rings. The fraction of sp³-hybridized carbons (Fsp3) is 0.0909. The summed E-state index contributed by atoms with van der Waals surface area (Å²) < 4.78 is 1.81. The van der Waals surface area contributed by atoms with Gasteiger partial charge >= 0.3 is 0 Å². The smallest absolute Gasteiger partial charge is 0.278 e. The minimum absolute atomic E-state index is 0.0900. The van der Waals surface area contributed by atoms with E-state index in [1.807, 2.05) is 4.57 Å². The van der Waals surface area contributed by atoms with Gasteiger partial charge in [-0.1, -0.05) is 29.3 Å². The summed E-state index contributed by atoms with van der Waals surface area (Å²) in [6.07, 6.45) is 1.75. The van der Waals surface area contributed by atoms with E-state index in [-0.39, 0.29) is 5.69 Å². The van der Waals surface area contributed by atoms with Crippen molar-refractivity contribution in [2.75, 3.05) is 0 Å². The molecule has 1 aromatic carbocycles. The summed E-state index contributed by atoms with van der Waals surface area (Å²) in [5.41, 5.74) is 2.13. The minimum atomic E-state index is -0.397. The predicted octanol–water partition coefficient (Wildman–Crippen LogP) is 3.87. The summed E-state index contributed by atoms with van der Waals surface area (Å²) in [7, 11) is 0. The van der Waals surface area contributed by atoms with Gasteiger partial charge in [0.2, 0.25) is 0 Å². The van der Waals surface area contributed by atoms with Gasteiger partial charge in [-0.15, -0.1) is 0 Å². The van der Waals surface area contributed by atoms with E-state index in [1.165, 1.54) is 11.6 Å². The highest BCUT2D eigenvalue weighted by Crippen LogP contribution is 2.27. The highest BCUT2D eigenvalue weighted by molar-refractivity contribution is 6.36. The minimum Gasteiger partial charge on any atom is -0.342 e. The summed E-state index contributed by atoms with van der Waals surface area (Å²) >= 11 is 11.3. The van der Waals surface area contributed by atoms with Crippen LogP contribution in [0.1, 0.15) is 0 Å². The first kappa shape index (κ1) is 12.0. The molecular formula is C11H8Cl2N2O2. The van der Waals surface area contributed by atoms with Gasteiger partial charge in [-0.3, -0.25) is 10.1 Å². The summed E-state index contributed by atoms with van der Waals surface area (Å²) in [4.78, 5) is 10.4. The molecule has 2 rings (SSSR count). The van der Waals surface area contributed by atoms with Gasteiger partial charge in [0.15, 0.2) is 0 Å². The SMILES string of the molecule is O=[N+]([O-])c1cccc2c1ccn2C/C(Cl)=C/Cl. The van der Waals surface area contributed by atoms with Crippen molar-refractivity contribution in [3.63, 3.8) is 0 Å². The van der Waals surface area contributed by atoms with Crippen LogP contribution in [0.25, 0.3) is 10.9 Å². The van der Waals surface area contributed by atoms with Crippen LogP contribution in [0.5, 0.6) is 0 Å². The Hall–Kier alpha value is -1.52. The Balaban J connectivity index is 2.55. The molecule has 0 aliphatic heterocycles. The second-order valence-corrected chi connectivity index (χ2v) is 4.17. The van der Waals surface area contributed by atoms with E-state index in [9.17, 15) is 10.1 Å². The maximum absolute atomic E-state index is 10.8. The second kappa shape index (κ2) is 4.77. The fourth-order valence-electron chi connectivity index (χ4n) is 1.70. The lowest BCUT2D eigenvalue weighted by molar-refractivity contribution is -0.383. The molecule has 0 saturated carbocycles. The lowest BCUT2D eigenvalue weighted by Gasteiger charge is -2.03. The number of fused-ring (bicyclic) bond motifs is 1. The van der Waals surface area contributed by atoms with Gasteiger partial charge in [-0.2, -0.15) is 0 Å². The Labute approximate surface area is 107 Å². The zero-order valence-corrected chi connectivity index (χ0v) is 10.1. The lowest BCUT2D eigenvalue weighted by Crippen LogP contribution is -1.96. The van der Waals surface area contributed by atoms with Gasteiger partial charge in [0.25, 0.3) is 5.69 Å². The van der Waals surface area contributed by atoms with Crippen LogP contribution in [0.2, 0.25) is 0 Å². The average molecular weight is 271 g/mol. The van der Waals surface area contributed by atoms with Gasteiger partial charge in [0.1, 0.15) is 0 Å². The van der Waals surface area contributed by atoms with Gasteiger partial charge in [0, 0.05) is 22.8 Å². The molecule has 0 bridgehead atoms. The number of hydrogen-bond acceptors (Lipinski definition) is 2. The van der Waals surface area contributed by atoms with E-state index in [2.05, 4.69) is 0 Å². The van der Waals surface area contributed by atoms with Crippen molar-refractivity contribution >= 4 is 39.8 Å². The molecule has 0 aliphatic carbocycles. The fourth-order valence-corrected chi connectivity index (χ4v) is 1.90. The first-order valence-electron chi connectivity index (χ1n) is 4.80. The van der Waals surface area contributed by atoms with Gasteiger partial charge in [0.05, 0.1) is 22.4 Å². The van der Waals surface area contributed by atoms with Crippen molar-refractivity contribution in [2.24, 2.45) is 0 Å². The highest BCUT2D eigenvalue weighted by Gasteiger charge is 2.13. The van der Waals surface area contributed by atoms with Crippen molar-refractivity contribution in [1.82, 2.24) is 4.57 Å². The highest BCUT2D eigenvalue weighted by atomic mass is 35.5. The number of nitro benzene ring substituents is 1. The monoisotopic (exact) mass is 270 g/mol. The van der Waals surface area contributed by atoms with Crippen LogP contribution in [0.3, 0.4) is 0 Å². The van der Waals surface area contributed by atoms with Gasteiger partial charge in [-0.25, -0.2) is 0 Å². The molecule has 0 radical (unpaired) electrons. The maximum atomic E-state index is 10.8. The van der Waals surface area contributed by atoms with E-state index in [0.717, 1.165) is 5.52 Å². The molecule has 0 fully saturated rings. The van der Waals surface area contributed by atoms with E-state index in [4.69, 9.17) is 23.2 Å². The van der Waals surface area contributed by atoms with E-state index in [1.54, 1.807) is 24.4 Å². The molecule has 6 heteroatoms. The standard InChI is InChI=1S/C11H8Cl2N2O2/c12-6-8(13)7-14-5-4-9-10(14)2-1-3-11(9)15(16)17/h1-6H,7H2/b8-6-. The largest absolute Gasteiger partial charge is 0.342 e. The number of benzene rings is 1. The first-order valence-corrected chi connectivity index (χ1v) is 5.62. The van der Waals surface area contributed by atoms with Crippen LogP contribution in [0.4, 0.5) is 5.69 Å². The maximum Gasteiger partial charge on any atom is 0.278 e. The molecule has 0 amide bonds. The van der Waals surface area contributed by atoms with Crippen LogP contribution in [0.15, 0.2) is 41.0 Å².